The summed E-state index contributed by atoms with van der Waals surface area (Å²) in [6.45, 7) is 0. The molecule has 0 heterocycles. The minimum absolute atomic E-state index is 0. The molecule has 30 heavy (non-hydrogen) atoms. The molecule has 4 rings (SSSR count). The van der Waals surface area contributed by atoms with Gasteiger partial charge in [-0.1, -0.05) is 72.8 Å². The first-order chi connectivity index (χ1) is 13.7. The zero-order chi connectivity index (χ0) is 20.8. The van der Waals surface area contributed by atoms with Gasteiger partial charge in [0, 0.05) is 0 Å². The second-order valence-electron chi connectivity index (χ2n) is 6.63. The Morgan fingerprint density at radius 3 is 1.30 bits per heavy atom. The van der Waals surface area contributed by atoms with Gasteiger partial charge in [-0.2, -0.15) is 0 Å². The zero-order valence-corrected chi connectivity index (χ0v) is 18.3. The molecule has 0 spiro atoms. The van der Waals surface area contributed by atoms with Gasteiger partial charge < -0.3 is 9.11 Å². The van der Waals surface area contributed by atoms with E-state index in [4.69, 9.17) is 0 Å². The minimum atomic E-state index is -4.85. The van der Waals surface area contributed by atoms with E-state index in [1.54, 1.807) is 48.5 Å². The van der Waals surface area contributed by atoms with Crippen molar-refractivity contribution in [1.29, 1.82) is 0 Å². The molecule has 0 N–H and O–H groups in total. The quantitative estimate of drug-likeness (QED) is 0.347. The maximum atomic E-state index is 12.0. The molecule has 0 bridgehead atoms. The summed E-state index contributed by atoms with van der Waals surface area (Å²) < 4.78 is 72.1. The third-order valence-corrected chi connectivity index (χ3v) is 6.77. The number of rotatable bonds is 4. The molecule has 0 fully saturated rings. The van der Waals surface area contributed by atoms with Crippen LogP contribution in [-0.2, 0) is 26.7 Å². The van der Waals surface area contributed by atoms with Gasteiger partial charge in [0.2, 0.25) is 0 Å². The third kappa shape index (κ3) is 4.14. The maximum absolute atomic E-state index is 12.0. The van der Waals surface area contributed by atoms with Crippen LogP contribution in [0.1, 0.15) is 11.1 Å². The third-order valence-electron chi connectivity index (χ3n) is 4.80. The molecule has 4 aromatic carbocycles. The van der Waals surface area contributed by atoms with E-state index in [0.717, 1.165) is 0 Å². The average Bonchev–Trinajstić information content (AvgIpc) is 2.65. The Bertz CT molecular complexity index is 1370. The fourth-order valence-electron chi connectivity index (χ4n) is 3.65. The van der Waals surface area contributed by atoms with Crippen molar-refractivity contribution < 1.29 is 25.9 Å². The van der Waals surface area contributed by atoms with Crippen molar-refractivity contribution in [1.82, 2.24) is 0 Å². The molecule has 0 aromatic heterocycles. The van der Waals surface area contributed by atoms with Crippen LogP contribution in [0.25, 0.3) is 21.5 Å². The van der Waals surface area contributed by atoms with Gasteiger partial charge in [-0.3, -0.25) is 0 Å². The van der Waals surface area contributed by atoms with Gasteiger partial charge in [-0.25, -0.2) is 16.8 Å². The van der Waals surface area contributed by atoms with Crippen LogP contribution in [0.3, 0.4) is 0 Å². The molecule has 0 aliphatic rings. The van der Waals surface area contributed by atoms with Crippen LogP contribution in [-0.4, -0.2) is 43.3 Å². The van der Waals surface area contributed by atoms with Crippen LogP contribution in [0, 0.1) is 0 Å². The maximum Gasteiger partial charge on any atom is 3.00 e. The topological polar surface area (TPSA) is 114 Å². The Morgan fingerprint density at radius 1 is 0.567 bits per heavy atom. The molecular formula is C21H14AlO6S2+. The molecular weight excluding hydrogens is 439 g/mol. The summed E-state index contributed by atoms with van der Waals surface area (Å²) in [5.74, 6) is 0. The van der Waals surface area contributed by atoms with Crippen LogP contribution in [0.15, 0.2) is 82.6 Å². The summed E-state index contributed by atoms with van der Waals surface area (Å²) in [5.41, 5.74) is 0.276. The molecule has 0 aliphatic heterocycles. The number of benzene rings is 4. The second-order valence-corrected chi connectivity index (χ2v) is 9.27. The Morgan fingerprint density at radius 2 is 0.933 bits per heavy atom. The number of hydrogen-bond acceptors (Lipinski definition) is 6. The van der Waals surface area contributed by atoms with Crippen molar-refractivity contribution >= 4 is 59.1 Å². The van der Waals surface area contributed by atoms with Crippen LogP contribution in [0.4, 0.5) is 0 Å². The Labute approximate surface area is 184 Å². The summed E-state index contributed by atoms with van der Waals surface area (Å²) >= 11 is 0. The van der Waals surface area contributed by atoms with E-state index in [-0.39, 0.29) is 45.7 Å². The SMILES string of the molecule is O=S(=O)([O-])c1c(Cc2ccc3ccccc3c2S(=O)(=O)[O-])ccc2ccccc12.[Al+3]. The summed E-state index contributed by atoms with van der Waals surface area (Å²) in [4.78, 5) is -0.809. The van der Waals surface area contributed by atoms with Crippen molar-refractivity contribution in [2.45, 2.75) is 16.2 Å². The first kappa shape index (κ1) is 22.4. The molecule has 6 nitrogen and oxygen atoms in total. The van der Waals surface area contributed by atoms with Gasteiger partial charge >= 0.3 is 17.4 Å². The van der Waals surface area contributed by atoms with Crippen LogP contribution < -0.4 is 0 Å². The van der Waals surface area contributed by atoms with Crippen molar-refractivity contribution in [2.75, 3.05) is 0 Å². The first-order valence-electron chi connectivity index (χ1n) is 8.59. The van der Waals surface area contributed by atoms with Crippen LogP contribution in [0.5, 0.6) is 0 Å². The molecule has 0 saturated heterocycles. The van der Waals surface area contributed by atoms with Crippen LogP contribution in [0.2, 0.25) is 0 Å². The van der Waals surface area contributed by atoms with Gasteiger partial charge in [0.05, 0.1) is 9.79 Å². The van der Waals surface area contributed by atoms with Gasteiger partial charge in [-0.05, 0) is 39.1 Å². The molecule has 0 amide bonds. The largest absolute Gasteiger partial charge is 3.00 e. The van der Waals surface area contributed by atoms with E-state index in [1.165, 1.54) is 24.3 Å². The molecule has 4 aromatic rings. The molecule has 0 saturated carbocycles. The summed E-state index contributed by atoms with van der Waals surface area (Å²) in [7, 11) is -9.70. The Balaban J connectivity index is 0.00000256. The van der Waals surface area contributed by atoms with E-state index >= 15 is 0 Å². The smallest absolute Gasteiger partial charge is 0.744 e. The monoisotopic (exact) mass is 453 g/mol. The summed E-state index contributed by atoms with van der Waals surface area (Å²) in [6, 6.07) is 19.3. The second kappa shape index (κ2) is 8.12. The predicted octanol–water partition coefficient (Wildman–Crippen LogP) is 3.01. The Hall–Kier alpha value is -2.25. The van der Waals surface area contributed by atoms with Crippen molar-refractivity contribution in [3.05, 3.63) is 83.9 Å². The van der Waals surface area contributed by atoms with E-state index < -0.39 is 30.0 Å². The minimum Gasteiger partial charge on any atom is -0.744 e. The van der Waals surface area contributed by atoms with Gasteiger partial charge in [0.25, 0.3) is 0 Å². The molecule has 9 heteroatoms. The zero-order valence-electron chi connectivity index (χ0n) is 15.5. The van der Waals surface area contributed by atoms with E-state index in [2.05, 4.69) is 0 Å². The fraction of sp³-hybridized carbons (Fsp3) is 0.0476. The number of hydrogen-bond donors (Lipinski definition) is 0. The molecule has 0 aliphatic carbocycles. The van der Waals surface area contributed by atoms with Gasteiger partial charge in [0.15, 0.2) is 0 Å². The predicted molar refractivity (Wildman–Crippen MR) is 112 cm³/mol. The van der Waals surface area contributed by atoms with Gasteiger partial charge in [0.1, 0.15) is 20.2 Å². The molecule has 0 atom stereocenters. The first-order valence-corrected chi connectivity index (χ1v) is 11.4. The van der Waals surface area contributed by atoms with Crippen molar-refractivity contribution in [3.63, 3.8) is 0 Å². The molecule has 0 unspecified atom stereocenters. The standard InChI is InChI=1S/C21H16O6S2.Al/c22-28(23,24)20-16(11-9-14-5-1-3-7-18(14)20)13-17-12-10-15-6-2-4-8-19(15)21(17)29(25,26)27;/h1-12H,13H2,(H,22,23,24)(H,25,26,27);/q;+3/p-2. The summed E-state index contributed by atoms with van der Waals surface area (Å²) in [5, 5.41) is 1.65. The van der Waals surface area contributed by atoms with E-state index in [0.29, 0.717) is 10.8 Å². The van der Waals surface area contributed by atoms with Crippen molar-refractivity contribution in [3.8, 4) is 0 Å². The molecule has 0 radical (unpaired) electrons. The van der Waals surface area contributed by atoms with E-state index in [1.807, 2.05) is 0 Å². The van der Waals surface area contributed by atoms with Crippen molar-refractivity contribution in [2.24, 2.45) is 0 Å². The van der Waals surface area contributed by atoms with Crippen LogP contribution >= 0.6 is 0 Å². The summed E-state index contributed by atoms with van der Waals surface area (Å²) in [6.07, 6.45) is -0.191. The number of fused-ring (bicyclic) bond motifs is 2. The normalized spacial score (nSPS) is 12.1. The van der Waals surface area contributed by atoms with Gasteiger partial charge in [-0.15, -0.1) is 0 Å². The fourth-order valence-corrected chi connectivity index (χ4v) is 5.48. The average molecular weight is 453 g/mol. The Kier molecular flexibility index (Phi) is 6.07. The molecule has 148 valence electrons. The van der Waals surface area contributed by atoms with E-state index in [9.17, 15) is 25.9 Å².